The van der Waals surface area contributed by atoms with Gasteiger partial charge in [-0.15, -0.1) is 17.0 Å². The third-order valence-electron chi connectivity index (χ3n) is 5.54. The normalized spacial score (nSPS) is 25.8. The monoisotopic (exact) mass is 389 g/mol. The van der Waals surface area contributed by atoms with E-state index in [0.717, 1.165) is 24.9 Å². The average molecular weight is 390 g/mol. The molecule has 0 radical (unpaired) electrons. The molecule has 3 N–H and O–H groups in total. The Kier molecular flexibility index (Phi) is 5.16. The Hall–Kier alpha value is -1.52. The van der Waals surface area contributed by atoms with Crippen molar-refractivity contribution < 1.29 is 10.2 Å². The molecule has 0 bridgehead atoms. The summed E-state index contributed by atoms with van der Waals surface area (Å²) >= 11 is 0. The summed E-state index contributed by atoms with van der Waals surface area (Å²) < 4.78 is 0. The molecule has 0 saturated carbocycles. The van der Waals surface area contributed by atoms with Gasteiger partial charge >= 0.3 is 0 Å². The van der Waals surface area contributed by atoms with Gasteiger partial charge in [-0.1, -0.05) is 36.4 Å². The van der Waals surface area contributed by atoms with Gasteiger partial charge in [0, 0.05) is 17.5 Å². The van der Waals surface area contributed by atoms with Crippen molar-refractivity contribution in [1.29, 1.82) is 0 Å². The summed E-state index contributed by atoms with van der Waals surface area (Å²) in [5.41, 5.74) is 3.47. The van der Waals surface area contributed by atoms with Crippen LogP contribution in [0.4, 0.5) is 0 Å². The van der Waals surface area contributed by atoms with Crippen LogP contribution in [0.15, 0.2) is 42.5 Å². The summed E-state index contributed by atoms with van der Waals surface area (Å²) in [5, 5.41) is 23.9. The lowest BCUT2D eigenvalue weighted by atomic mass is 9.71. The first-order chi connectivity index (χ1) is 11.2. The second kappa shape index (κ2) is 7.16. The van der Waals surface area contributed by atoms with Crippen LogP contribution in [0.5, 0.6) is 11.5 Å². The molecule has 1 aliphatic heterocycles. The maximum Gasteiger partial charge on any atom is 0.160 e. The van der Waals surface area contributed by atoms with Crippen molar-refractivity contribution in [2.75, 3.05) is 6.54 Å². The molecule has 128 valence electrons. The SMILES string of the molecule is Br.Oc1ccc2c(c1O)CC(c1ccccc1)CC2[C@H]1CCCN1. The zero-order valence-corrected chi connectivity index (χ0v) is 15.3. The Morgan fingerprint density at radius 3 is 2.50 bits per heavy atom. The molecule has 1 saturated heterocycles. The minimum atomic E-state index is -0.00408. The molecule has 1 heterocycles. The summed E-state index contributed by atoms with van der Waals surface area (Å²) in [5.74, 6) is 0.864. The van der Waals surface area contributed by atoms with E-state index >= 15 is 0 Å². The maximum absolute atomic E-state index is 10.4. The number of aromatic hydroxyl groups is 2. The Balaban J connectivity index is 0.00000169. The largest absolute Gasteiger partial charge is 0.504 e. The van der Waals surface area contributed by atoms with Gasteiger partial charge in [-0.3, -0.25) is 0 Å². The van der Waals surface area contributed by atoms with Crippen molar-refractivity contribution in [2.24, 2.45) is 0 Å². The molecule has 3 atom stereocenters. The van der Waals surface area contributed by atoms with Gasteiger partial charge in [-0.05, 0) is 55.3 Å². The van der Waals surface area contributed by atoms with Crippen LogP contribution in [-0.4, -0.2) is 22.8 Å². The lowest BCUT2D eigenvalue weighted by molar-refractivity contribution is 0.371. The second-order valence-electron chi connectivity index (χ2n) is 6.86. The van der Waals surface area contributed by atoms with Crippen molar-refractivity contribution in [3.8, 4) is 11.5 Å². The van der Waals surface area contributed by atoms with Crippen LogP contribution in [0.2, 0.25) is 0 Å². The summed E-state index contributed by atoms with van der Waals surface area (Å²) in [7, 11) is 0. The molecule has 24 heavy (non-hydrogen) atoms. The molecule has 0 aromatic heterocycles. The summed E-state index contributed by atoms with van der Waals surface area (Å²) in [4.78, 5) is 0. The number of rotatable bonds is 2. The molecule has 2 aromatic carbocycles. The van der Waals surface area contributed by atoms with Crippen molar-refractivity contribution in [2.45, 2.75) is 43.6 Å². The van der Waals surface area contributed by atoms with Crippen LogP contribution in [0.25, 0.3) is 0 Å². The molecule has 4 heteroatoms. The predicted molar refractivity (Wildman–Crippen MR) is 101 cm³/mol. The van der Waals surface area contributed by atoms with E-state index in [1.165, 1.54) is 24.0 Å². The Morgan fingerprint density at radius 1 is 1.00 bits per heavy atom. The fourth-order valence-electron chi connectivity index (χ4n) is 4.38. The lowest BCUT2D eigenvalue weighted by Crippen LogP contribution is -2.33. The topological polar surface area (TPSA) is 52.5 Å². The van der Waals surface area contributed by atoms with Gasteiger partial charge in [0.2, 0.25) is 0 Å². The van der Waals surface area contributed by atoms with Gasteiger partial charge in [0.1, 0.15) is 0 Å². The second-order valence-corrected chi connectivity index (χ2v) is 6.86. The van der Waals surface area contributed by atoms with Gasteiger partial charge < -0.3 is 15.5 Å². The van der Waals surface area contributed by atoms with E-state index < -0.39 is 0 Å². The number of halogens is 1. The standard InChI is InChI=1S/C20H23NO2.BrH/c22-19-9-8-15-16(18-7-4-10-21-18)11-14(12-17(15)20(19)23)13-5-2-1-3-6-13;/h1-3,5-6,8-9,14,16,18,21-23H,4,7,10-12H2;1H/t14?,16?,18-;/m1./s1. The molecule has 4 rings (SSSR count). The van der Waals surface area contributed by atoms with E-state index in [4.69, 9.17) is 0 Å². The number of fused-ring (bicyclic) bond motifs is 1. The third-order valence-corrected chi connectivity index (χ3v) is 5.54. The third kappa shape index (κ3) is 3.05. The van der Waals surface area contributed by atoms with E-state index in [1.807, 2.05) is 12.1 Å². The van der Waals surface area contributed by atoms with Crippen LogP contribution in [0.3, 0.4) is 0 Å². The maximum atomic E-state index is 10.4. The van der Waals surface area contributed by atoms with Crippen molar-refractivity contribution >= 4 is 17.0 Å². The van der Waals surface area contributed by atoms with Crippen LogP contribution < -0.4 is 5.32 Å². The summed E-state index contributed by atoms with van der Waals surface area (Å²) in [6.07, 6.45) is 4.30. The van der Waals surface area contributed by atoms with Crippen LogP contribution in [0, 0.1) is 0 Å². The average Bonchev–Trinajstić information content (AvgIpc) is 3.13. The van der Waals surface area contributed by atoms with E-state index in [1.54, 1.807) is 6.07 Å². The molecule has 2 aromatic rings. The Bertz CT molecular complexity index is 698. The van der Waals surface area contributed by atoms with Crippen LogP contribution in [-0.2, 0) is 6.42 Å². The molecule has 2 aliphatic rings. The number of hydrogen-bond acceptors (Lipinski definition) is 3. The molecular formula is C20H24BrNO2. The quantitative estimate of drug-likeness (QED) is 0.673. The number of hydrogen-bond donors (Lipinski definition) is 3. The van der Waals surface area contributed by atoms with E-state index in [9.17, 15) is 10.2 Å². The van der Waals surface area contributed by atoms with Gasteiger partial charge in [0.25, 0.3) is 0 Å². The first kappa shape index (κ1) is 17.3. The predicted octanol–water partition coefficient (Wildman–Crippen LogP) is 4.24. The van der Waals surface area contributed by atoms with Crippen molar-refractivity contribution in [3.63, 3.8) is 0 Å². The van der Waals surface area contributed by atoms with Gasteiger partial charge in [-0.25, -0.2) is 0 Å². The van der Waals surface area contributed by atoms with Gasteiger partial charge in [-0.2, -0.15) is 0 Å². The number of phenolic OH excluding ortho intramolecular Hbond substituents is 2. The molecular weight excluding hydrogens is 366 g/mol. The van der Waals surface area contributed by atoms with Gasteiger partial charge in [0.05, 0.1) is 0 Å². The van der Waals surface area contributed by atoms with Crippen molar-refractivity contribution in [3.05, 3.63) is 59.2 Å². The summed E-state index contributed by atoms with van der Waals surface area (Å²) in [6.45, 7) is 1.08. The zero-order chi connectivity index (χ0) is 15.8. The molecule has 1 aliphatic carbocycles. The van der Waals surface area contributed by atoms with E-state index in [0.29, 0.717) is 17.9 Å². The molecule has 1 fully saturated rings. The highest BCUT2D eigenvalue weighted by atomic mass is 79.9. The van der Waals surface area contributed by atoms with E-state index in [2.05, 4.69) is 29.6 Å². The van der Waals surface area contributed by atoms with E-state index in [-0.39, 0.29) is 28.5 Å². The minimum absolute atomic E-state index is 0. The zero-order valence-electron chi connectivity index (χ0n) is 13.6. The Morgan fingerprint density at radius 2 is 1.79 bits per heavy atom. The number of nitrogens with one attached hydrogen (secondary N) is 1. The highest BCUT2D eigenvalue weighted by Crippen LogP contribution is 2.47. The highest BCUT2D eigenvalue weighted by molar-refractivity contribution is 8.93. The molecule has 3 nitrogen and oxygen atoms in total. The van der Waals surface area contributed by atoms with Crippen LogP contribution in [0.1, 0.15) is 47.8 Å². The Labute approximate surface area is 153 Å². The highest BCUT2D eigenvalue weighted by Gasteiger charge is 2.35. The summed E-state index contributed by atoms with van der Waals surface area (Å²) in [6, 6.07) is 14.7. The first-order valence-electron chi connectivity index (χ1n) is 8.56. The number of phenols is 2. The first-order valence-corrected chi connectivity index (χ1v) is 8.56. The fraction of sp³-hybridized carbons (Fsp3) is 0.400. The molecule has 0 amide bonds. The number of benzene rings is 2. The van der Waals surface area contributed by atoms with Crippen LogP contribution >= 0.6 is 17.0 Å². The molecule has 0 spiro atoms. The molecule has 2 unspecified atom stereocenters. The van der Waals surface area contributed by atoms with Crippen molar-refractivity contribution in [1.82, 2.24) is 5.32 Å². The fourth-order valence-corrected chi connectivity index (χ4v) is 4.38. The van der Waals surface area contributed by atoms with Gasteiger partial charge in [0.15, 0.2) is 11.5 Å². The smallest absolute Gasteiger partial charge is 0.160 e. The lowest BCUT2D eigenvalue weighted by Gasteiger charge is -2.36. The minimum Gasteiger partial charge on any atom is -0.504 e.